The molecule has 6 heteroatoms. The highest BCUT2D eigenvalue weighted by Crippen LogP contribution is 2.28. The molecule has 6 nitrogen and oxygen atoms in total. The Bertz CT molecular complexity index is 477. The maximum atomic E-state index is 12.1. The molecule has 0 saturated heterocycles. The van der Waals surface area contributed by atoms with E-state index in [9.17, 15) is 9.59 Å². The Labute approximate surface area is 116 Å². The number of methoxy groups -OCH3 is 1. The molecule has 2 atom stereocenters. The predicted octanol–water partition coefficient (Wildman–Crippen LogP) is 0.596. The third-order valence-electron chi connectivity index (χ3n) is 3.16. The van der Waals surface area contributed by atoms with Gasteiger partial charge in [0.1, 0.15) is 11.8 Å². The monoisotopic (exact) mass is 279 g/mol. The van der Waals surface area contributed by atoms with E-state index in [4.69, 9.17) is 14.6 Å². The molecular formula is C14H17NO5. The molecule has 0 saturated carbocycles. The lowest BCUT2D eigenvalue weighted by atomic mass is 10.1. The summed E-state index contributed by atoms with van der Waals surface area (Å²) in [4.78, 5) is 23.1. The van der Waals surface area contributed by atoms with Crippen LogP contribution in [0.4, 0.5) is 0 Å². The minimum absolute atomic E-state index is 0.219. The van der Waals surface area contributed by atoms with Crippen molar-refractivity contribution < 1.29 is 24.2 Å². The predicted molar refractivity (Wildman–Crippen MR) is 70.6 cm³/mol. The van der Waals surface area contributed by atoms with Crippen molar-refractivity contribution in [3.05, 3.63) is 29.8 Å². The van der Waals surface area contributed by atoms with Gasteiger partial charge in [0.05, 0.1) is 0 Å². The molecule has 0 fully saturated rings. The number of ether oxygens (including phenoxy) is 2. The van der Waals surface area contributed by atoms with Crippen LogP contribution in [0.2, 0.25) is 0 Å². The first-order chi connectivity index (χ1) is 9.61. The standard InChI is InChI=1S/C14H17NO5/c1-19-7-6-10(14(17)18)15-13(16)12-8-9-4-2-3-5-11(9)20-12/h2-5,10,12H,6-8H2,1H3,(H,15,16)(H,17,18). The third kappa shape index (κ3) is 3.27. The molecule has 1 aromatic rings. The quantitative estimate of drug-likeness (QED) is 0.796. The van der Waals surface area contributed by atoms with Crippen molar-refractivity contribution in [2.75, 3.05) is 13.7 Å². The molecule has 1 heterocycles. The van der Waals surface area contributed by atoms with Crippen molar-refractivity contribution in [1.82, 2.24) is 5.32 Å². The number of benzene rings is 1. The second-order valence-corrected chi connectivity index (χ2v) is 4.60. The van der Waals surface area contributed by atoms with Crippen molar-refractivity contribution in [3.8, 4) is 5.75 Å². The number of hydrogen-bond acceptors (Lipinski definition) is 4. The van der Waals surface area contributed by atoms with Gasteiger partial charge in [-0.1, -0.05) is 18.2 Å². The van der Waals surface area contributed by atoms with E-state index >= 15 is 0 Å². The summed E-state index contributed by atoms with van der Waals surface area (Å²) in [5, 5.41) is 11.5. The number of hydrogen-bond donors (Lipinski definition) is 2. The van der Waals surface area contributed by atoms with Gasteiger partial charge in [0.2, 0.25) is 0 Å². The zero-order valence-corrected chi connectivity index (χ0v) is 11.2. The topological polar surface area (TPSA) is 84.9 Å². The molecule has 1 amide bonds. The number of rotatable bonds is 6. The van der Waals surface area contributed by atoms with Crippen LogP contribution >= 0.6 is 0 Å². The fraction of sp³-hybridized carbons (Fsp3) is 0.429. The Morgan fingerprint density at radius 2 is 2.25 bits per heavy atom. The smallest absolute Gasteiger partial charge is 0.326 e. The van der Waals surface area contributed by atoms with E-state index in [-0.39, 0.29) is 13.0 Å². The molecule has 108 valence electrons. The lowest BCUT2D eigenvalue weighted by Gasteiger charge is -2.17. The summed E-state index contributed by atoms with van der Waals surface area (Å²) in [6, 6.07) is 6.43. The fourth-order valence-corrected chi connectivity index (χ4v) is 2.09. The highest BCUT2D eigenvalue weighted by Gasteiger charge is 2.31. The second-order valence-electron chi connectivity index (χ2n) is 4.60. The maximum absolute atomic E-state index is 12.1. The number of para-hydroxylation sites is 1. The Hall–Kier alpha value is -2.08. The van der Waals surface area contributed by atoms with Crippen LogP contribution in [0.1, 0.15) is 12.0 Å². The SMILES string of the molecule is COCCC(NC(=O)C1Cc2ccccc2O1)C(=O)O. The molecule has 2 N–H and O–H groups in total. The van der Waals surface area contributed by atoms with E-state index in [1.165, 1.54) is 7.11 Å². The van der Waals surface area contributed by atoms with Crippen LogP contribution in [0.5, 0.6) is 5.75 Å². The van der Waals surface area contributed by atoms with Gasteiger partial charge < -0.3 is 19.9 Å². The number of fused-ring (bicyclic) bond motifs is 1. The van der Waals surface area contributed by atoms with Crippen LogP contribution in [0.3, 0.4) is 0 Å². The van der Waals surface area contributed by atoms with E-state index in [1.807, 2.05) is 18.2 Å². The maximum Gasteiger partial charge on any atom is 0.326 e. The number of carbonyl (C=O) groups excluding carboxylic acids is 1. The van der Waals surface area contributed by atoms with Crippen molar-refractivity contribution in [2.24, 2.45) is 0 Å². The van der Waals surface area contributed by atoms with Crippen molar-refractivity contribution in [1.29, 1.82) is 0 Å². The van der Waals surface area contributed by atoms with Gasteiger partial charge in [0.25, 0.3) is 5.91 Å². The van der Waals surface area contributed by atoms with Gasteiger partial charge in [-0.15, -0.1) is 0 Å². The molecule has 0 aliphatic carbocycles. The van der Waals surface area contributed by atoms with E-state index < -0.39 is 24.0 Å². The molecule has 0 aromatic heterocycles. The van der Waals surface area contributed by atoms with E-state index in [0.29, 0.717) is 12.2 Å². The van der Waals surface area contributed by atoms with Gasteiger partial charge in [0, 0.05) is 26.6 Å². The van der Waals surface area contributed by atoms with Gasteiger partial charge in [-0.3, -0.25) is 4.79 Å². The number of aliphatic carboxylic acids is 1. The normalized spacial score (nSPS) is 17.9. The number of nitrogens with one attached hydrogen (secondary N) is 1. The second kappa shape index (κ2) is 6.38. The molecule has 2 rings (SSSR count). The summed E-state index contributed by atoms with van der Waals surface area (Å²) in [5.41, 5.74) is 0.955. The third-order valence-corrected chi connectivity index (χ3v) is 3.16. The Morgan fingerprint density at radius 3 is 2.90 bits per heavy atom. The molecule has 1 aliphatic heterocycles. The van der Waals surface area contributed by atoms with Gasteiger partial charge in [-0.05, 0) is 11.6 Å². The first kappa shape index (κ1) is 14.3. The number of amides is 1. The summed E-state index contributed by atoms with van der Waals surface area (Å²) in [6.07, 6.45) is 0.00682. The molecule has 0 bridgehead atoms. The van der Waals surface area contributed by atoms with Crippen LogP contribution in [-0.4, -0.2) is 42.8 Å². The average molecular weight is 279 g/mol. The fourth-order valence-electron chi connectivity index (χ4n) is 2.09. The van der Waals surface area contributed by atoms with Gasteiger partial charge in [-0.25, -0.2) is 4.79 Å². The zero-order chi connectivity index (χ0) is 14.5. The summed E-state index contributed by atoms with van der Waals surface area (Å²) in [7, 11) is 1.48. The van der Waals surface area contributed by atoms with Crippen molar-refractivity contribution in [3.63, 3.8) is 0 Å². The lowest BCUT2D eigenvalue weighted by molar-refractivity contribution is -0.143. The van der Waals surface area contributed by atoms with Gasteiger partial charge in [0.15, 0.2) is 6.10 Å². The average Bonchev–Trinajstić information content (AvgIpc) is 2.86. The minimum Gasteiger partial charge on any atom is -0.480 e. The summed E-state index contributed by atoms with van der Waals surface area (Å²) in [6.45, 7) is 0.267. The molecule has 0 spiro atoms. The summed E-state index contributed by atoms with van der Waals surface area (Å²) >= 11 is 0. The largest absolute Gasteiger partial charge is 0.480 e. The van der Waals surface area contributed by atoms with E-state index in [0.717, 1.165) is 5.56 Å². The molecule has 2 unspecified atom stereocenters. The Morgan fingerprint density at radius 1 is 1.50 bits per heavy atom. The molecule has 1 aromatic carbocycles. The molecule has 20 heavy (non-hydrogen) atoms. The van der Waals surface area contributed by atoms with Crippen LogP contribution in [-0.2, 0) is 20.7 Å². The molecule has 1 aliphatic rings. The molecule has 0 radical (unpaired) electrons. The first-order valence-corrected chi connectivity index (χ1v) is 6.38. The van der Waals surface area contributed by atoms with E-state index in [2.05, 4.69) is 5.32 Å². The van der Waals surface area contributed by atoms with Gasteiger partial charge in [-0.2, -0.15) is 0 Å². The highest BCUT2D eigenvalue weighted by molar-refractivity contribution is 5.87. The van der Waals surface area contributed by atoms with Gasteiger partial charge >= 0.3 is 5.97 Å². The summed E-state index contributed by atoms with van der Waals surface area (Å²) in [5.74, 6) is -0.813. The van der Waals surface area contributed by atoms with Crippen molar-refractivity contribution >= 4 is 11.9 Å². The highest BCUT2D eigenvalue weighted by atomic mass is 16.5. The van der Waals surface area contributed by atoms with Crippen molar-refractivity contribution in [2.45, 2.75) is 25.0 Å². The number of carboxylic acids is 1. The first-order valence-electron chi connectivity index (χ1n) is 6.38. The number of carboxylic acid groups (broad SMARTS) is 1. The Kier molecular flexibility index (Phi) is 4.57. The van der Waals surface area contributed by atoms with Crippen LogP contribution < -0.4 is 10.1 Å². The zero-order valence-electron chi connectivity index (χ0n) is 11.2. The Balaban J connectivity index is 1.94. The van der Waals surface area contributed by atoms with Crippen LogP contribution in [0, 0.1) is 0 Å². The van der Waals surface area contributed by atoms with Crippen LogP contribution in [0.15, 0.2) is 24.3 Å². The summed E-state index contributed by atoms with van der Waals surface area (Å²) < 4.78 is 10.4. The molecular weight excluding hydrogens is 262 g/mol. The number of carbonyl (C=O) groups is 2. The van der Waals surface area contributed by atoms with E-state index in [1.54, 1.807) is 6.07 Å². The van der Waals surface area contributed by atoms with Crippen LogP contribution in [0.25, 0.3) is 0 Å². The lowest BCUT2D eigenvalue weighted by Crippen LogP contribution is -2.47. The minimum atomic E-state index is -1.08.